The predicted octanol–water partition coefficient (Wildman–Crippen LogP) is 2.75. The zero-order chi connectivity index (χ0) is 41.8. The highest BCUT2D eigenvalue weighted by atomic mass is 31.1. The summed E-state index contributed by atoms with van der Waals surface area (Å²) >= 11 is 0. The van der Waals surface area contributed by atoms with Crippen molar-refractivity contribution in [3.8, 4) is 0 Å². The molecule has 2 aliphatic rings. The molecule has 2 fully saturated rings. The lowest BCUT2D eigenvalue weighted by Gasteiger charge is -2.20. The Labute approximate surface area is 336 Å². The summed E-state index contributed by atoms with van der Waals surface area (Å²) in [4.78, 5) is 61.5. The number of amides is 2. The number of hydrogen-bond acceptors (Lipinski definition) is 17. The number of rotatable bonds is 17. The predicted molar refractivity (Wildman–Crippen MR) is 202 cm³/mol. The van der Waals surface area contributed by atoms with Gasteiger partial charge in [0.2, 0.25) is 11.9 Å². The van der Waals surface area contributed by atoms with E-state index >= 15 is 4.39 Å². The fourth-order valence-electron chi connectivity index (χ4n) is 6.47. The van der Waals surface area contributed by atoms with E-state index < -0.39 is 96.0 Å². The van der Waals surface area contributed by atoms with Gasteiger partial charge < -0.3 is 24.3 Å². The van der Waals surface area contributed by atoms with Gasteiger partial charge >= 0.3 is 16.9 Å². The van der Waals surface area contributed by atoms with Crippen LogP contribution in [-0.4, -0.2) is 122 Å². The highest BCUT2D eigenvalue weighted by Gasteiger charge is 2.54. The van der Waals surface area contributed by atoms with Gasteiger partial charge in [-0.25, -0.2) is 28.9 Å². The van der Waals surface area contributed by atoms with Crippen molar-refractivity contribution < 1.29 is 55.6 Å². The zero-order valence-electron chi connectivity index (χ0n) is 31.3. The van der Waals surface area contributed by atoms with Gasteiger partial charge in [-0.05, 0) is 12.1 Å². The van der Waals surface area contributed by atoms with Crippen molar-refractivity contribution in [2.75, 3.05) is 37.5 Å². The Morgan fingerprint density at radius 2 is 1.69 bits per heavy atom. The summed E-state index contributed by atoms with van der Waals surface area (Å²) in [6.45, 7) is 2.35. The molecular formula is C33H35BFN10O12P2+. The third-order valence-electron chi connectivity index (χ3n) is 9.31. The number of aromatic nitrogens is 8. The van der Waals surface area contributed by atoms with Gasteiger partial charge in [0.1, 0.15) is 45.2 Å². The maximum absolute atomic E-state index is 16.4. The molecule has 2 radical (unpaired) electrons. The molecule has 26 heteroatoms. The Balaban J connectivity index is 1.06. The Morgan fingerprint density at radius 1 is 0.983 bits per heavy atom. The highest BCUT2D eigenvalue weighted by Crippen LogP contribution is 2.42. The number of anilines is 2. The number of halogens is 1. The maximum atomic E-state index is 16.4. The Hall–Kier alpha value is -5.03. The van der Waals surface area contributed by atoms with E-state index in [4.69, 9.17) is 40.4 Å². The standard InChI is InChI=1S/C33H34BFN10O12P2/c1-15(2)28(46)42-33-41-27-21(30(48)43-33)39-14-45(27)32-24(56-58-49)23(51-3)18(55-32)10-53-59(50)57-22-17(9-52-11-34)54-31(19(22)35)44-13-38-20-25(36-12-37-26(20)44)40-29(47)16-7-5-4-6-8-16/h4-8,12-15,17-19,22-24,31-32H,9-11H2,1-3H3,(H2-,36,37,40,41,42,43,46,47,48)/p+1. The number of carbonyl (C=O) groups excluding carboxylic acids is 2. The van der Waals surface area contributed by atoms with Crippen molar-refractivity contribution in [3.05, 3.63) is 65.2 Å². The van der Waals surface area contributed by atoms with Crippen molar-refractivity contribution in [1.29, 1.82) is 0 Å². The van der Waals surface area contributed by atoms with Gasteiger partial charge in [-0.3, -0.25) is 38.3 Å². The van der Waals surface area contributed by atoms with E-state index in [1.165, 1.54) is 35.2 Å². The molecule has 5 aromatic rings. The Kier molecular flexibility index (Phi) is 13.2. The van der Waals surface area contributed by atoms with E-state index in [-0.39, 0.29) is 47.2 Å². The second-order valence-electron chi connectivity index (χ2n) is 13.3. The van der Waals surface area contributed by atoms with Gasteiger partial charge in [-0.1, -0.05) is 32.0 Å². The van der Waals surface area contributed by atoms with Crippen LogP contribution in [0.4, 0.5) is 16.2 Å². The monoisotopic (exact) mass is 855 g/mol. The van der Waals surface area contributed by atoms with Gasteiger partial charge in [-0.2, -0.15) is 4.98 Å². The SMILES string of the molecule is [B]COCC1OC(n2cnc3c(NC(=O)c4ccccc4)ncnc32)C(F)C1O[P+](=O)OCC1OC(n2cnc3c(=O)[nH]c(NC(=O)C(C)C)nc32)C(OP=O)C1OC. The summed E-state index contributed by atoms with van der Waals surface area (Å²) in [5.41, 5.74) is -0.137. The molecular weight excluding hydrogens is 820 g/mol. The zero-order valence-corrected chi connectivity index (χ0v) is 33.1. The van der Waals surface area contributed by atoms with Crippen LogP contribution >= 0.6 is 16.9 Å². The minimum absolute atomic E-state index is 0.0133. The number of ether oxygens (including phenoxy) is 4. The molecule has 59 heavy (non-hydrogen) atoms. The molecule has 0 spiro atoms. The van der Waals surface area contributed by atoms with E-state index in [1.807, 2.05) is 0 Å². The number of methoxy groups -OCH3 is 1. The van der Waals surface area contributed by atoms with Crippen molar-refractivity contribution in [2.45, 2.75) is 63.0 Å². The van der Waals surface area contributed by atoms with Crippen molar-refractivity contribution in [2.24, 2.45) is 5.92 Å². The number of aromatic amines is 1. The van der Waals surface area contributed by atoms with Crippen LogP contribution in [0.2, 0.25) is 0 Å². The van der Waals surface area contributed by atoms with Crippen LogP contribution in [0.5, 0.6) is 0 Å². The first-order valence-electron chi connectivity index (χ1n) is 17.9. The molecule has 2 saturated heterocycles. The van der Waals surface area contributed by atoms with Crippen LogP contribution < -0.4 is 16.2 Å². The highest BCUT2D eigenvalue weighted by molar-refractivity contribution is 7.33. The molecule has 0 aliphatic carbocycles. The van der Waals surface area contributed by atoms with Crippen LogP contribution in [0.1, 0.15) is 36.7 Å². The number of hydrogen-bond donors (Lipinski definition) is 3. The summed E-state index contributed by atoms with van der Waals surface area (Å²) in [6, 6.07) is 8.42. The normalized spacial score (nSPS) is 24.7. The van der Waals surface area contributed by atoms with Crippen LogP contribution in [-0.2, 0) is 46.4 Å². The first-order valence-corrected chi connectivity index (χ1v) is 19.7. The minimum atomic E-state index is -3.09. The van der Waals surface area contributed by atoms with Gasteiger partial charge in [0.25, 0.3) is 11.5 Å². The second kappa shape index (κ2) is 18.5. The molecule has 22 nitrogen and oxygen atoms in total. The van der Waals surface area contributed by atoms with E-state index in [0.717, 1.165) is 0 Å². The van der Waals surface area contributed by atoms with Gasteiger partial charge in [0.05, 0.1) is 19.3 Å². The number of carbonyl (C=O) groups is 2. The lowest BCUT2D eigenvalue weighted by atomic mass is 10.1. The van der Waals surface area contributed by atoms with E-state index in [1.54, 1.807) is 44.2 Å². The third kappa shape index (κ3) is 8.81. The summed E-state index contributed by atoms with van der Waals surface area (Å²) in [7, 11) is 3.01. The van der Waals surface area contributed by atoms with E-state index in [9.17, 15) is 23.5 Å². The molecule has 6 heterocycles. The van der Waals surface area contributed by atoms with Gasteiger partial charge in [-0.15, -0.1) is 9.05 Å². The quantitative estimate of drug-likeness (QED) is 0.0897. The molecule has 2 amide bonds. The smallest absolute Gasteiger partial charge is 0.388 e. The second-order valence-corrected chi connectivity index (χ2v) is 14.6. The number of imidazole rings is 2. The molecule has 4 aromatic heterocycles. The molecule has 1 aromatic carbocycles. The number of fused-ring (bicyclic) bond motifs is 2. The average molecular weight is 855 g/mol. The van der Waals surface area contributed by atoms with E-state index in [0.29, 0.717) is 5.56 Å². The number of H-pyrrole nitrogens is 1. The fourth-order valence-corrected chi connectivity index (χ4v) is 7.57. The van der Waals surface area contributed by atoms with Crippen LogP contribution in [0.3, 0.4) is 0 Å². The van der Waals surface area contributed by atoms with Crippen molar-refractivity contribution in [1.82, 2.24) is 39.0 Å². The van der Waals surface area contributed by atoms with Crippen LogP contribution in [0, 0.1) is 5.92 Å². The lowest BCUT2D eigenvalue weighted by molar-refractivity contribution is -0.118. The molecule has 2 aliphatic heterocycles. The summed E-state index contributed by atoms with van der Waals surface area (Å²) in [5.74, 6) is -1.35. The molecule has 7 rings (SSSR count). The molecule has 0 bridgehead atoms. The largest absolute Gasteiger partial charge is 0.697 e. The van der Waals surface area contributed by atoms with Gasteiger partial charge in [0, 0.05) is 29.7 Å². The van der Waals surface area contributed by atoms with Crippen molar-refractivity contribution >= 4 is 70.7 Å². The van der Waals surface area contributed by atoms with Gasteiger partial charge in [0.15, 0.2) is 52.9 Å². The topological polar surface area (TPSA) is 264 Å². The Morgan fingerprint density at radius 3 is 2.41 bits per heavy atom. The molecule has 9 unspecified atom stereocenters. The lowest BCUT2D eigenvalue weighted by Crippen LogP contribution is -2.36. The maximum Gasteiger partial charge on any atom is 0.697 e. The van der Waals surface area contributed by atoms with E-state index in [2.05, 4.69) is 40.5 Å². The number of alkyl halides is 1. The molecule has 9 atom stereocenters. The number of nitrogens with zero attached hydrogens (tertiary/aromatic N) is 7. The Bertz CT molecular complexity index is 2390. The molecule has 3 N–H and O–H groups in total. The van der Waals surface area contributed by atoms with Crippen LogP contribution in [0.25, 0.3) is 22.3 Å². The summed E-state index contributed by atoms with van der Waals surface area (Å²) < 4.78 is 83.7. The summed E-state index contributed by atoms with van der Waals surface area (Å²) in [6.07, 6.45) is -6.81. The summed E-state index contributed by atoms with van der Waals surface area (Å²) in [5, 5.41) is 5.21. The first-order chi connectivity index (χ1) is 28.5. The minimum Gasteiger partial charge on any atom is -0.388 e. The molecule has 308 valence electrons. The first kappa shape index (κ1) is 42.1. The fraction of sp³-hybridized carbons (Fsp3) is 0.455. The van der Waals surface area contributed by atoms with Crippen LogP contribution in [0.15, 0.2) is 54.1 Å². The number of benzene rings is 1. The number of nitrogens with one attached hydrogen (secondary N) is 3. The average Bonchev–Trinajstić information content (AvgIpc) is 4.00. The third-order valence-corrected chi connectivity index (χ3v) is 10.4. The van der Waals surface area contributed by atoms with Crippen molar-refractivity contribution in [3.63, 3.8) is 0 Å². The molecule has 0 saturated carbocycles.